The second-order valence-corrected chi connectivity index (χ2v) is 3.80. The number of ether oxygens (including phenoxy) is 2. The molecule has 0 aromatic heterocycles. The van der Waals surface area contributed by atoms with E-state index in [1.165, 1.54) is 0 Å². The molecule has 5 heteroatoms. The van der Waals surface area contributed by atoms with Gasteiger partial charge in [0.25, 0.3) is 0 Å². The van der Waals surface area contributed by atoms with Gasteiger partial charge in [-0.15, -0.1) is 12.4 Å². The van der Waals surface area contributed by atoms with Crippen molar-refractivity contribution in [1.82, 2.24) is 4.90 Å². The SMILES string of the molecule is COCCN1CCC(OC)CC1CN.Cl. The Balaban J connectivity index is 0.00000196. The quantitative estimate of drug-likeness (QED) is 0.758. The van der Waals surface area contributed by atoms with E-state index in [4.69, 9.17) is 15.2 Å². The molecule has 0 radical (unpaired) electrons. The Morgan fingerprint density at radius 3 is 2.67 bits per heavy atom. The van der Waals surface area contributed by atoms with Crippen molar-refractivity contribution in [2.24, 2.45) is 5.73 Å². The van der Waals surface area contributed by atoms with Crippen molar-refractivity contribution in [3.63, 3.8) is 0 Å². The van der Waals surface area contributed by atoms with Crippen LogP contribution in [0, 0.1) is 0 Å². The Morgan fingerprint density at radius 2 is 2.13 bits per heavy atom. The Bertz CT molecular complexity index is 160. The molecule has 0 spiro atoms. The van der Waals surface area contributed by atoms with Gasteiger partial charge >= 0.3 is 0 Å². The zero-order valence-corrected chi connectivity index (χ0v) is 10.5. The summed E-state index contributed by atoms with van der Waals surface area (Å²) < 4.78 is 10.4. The van der Waals surface area contributed by atoms with Crippen LogP contribution < -0.4 is 5.73 Å². The second-order valence-electron chi connectivity index (χ2n) is 3.80. The number of hydrogen-bond acceptors (Lipinski definition) is 4. The number of halogens is 1. The summed E-state index contributed by atoms with van der Waals surface area (Å²) in [7, 11) is 3.52. The van der Waals surface area contributed by atoms with Gasteiger partial charge in [0.05, 0.1) is 12.7 Å². The van der Waals surface area contributed by atoms with Crippen LogP contribution in [0.15, 0.2) is 0 Å². The van der Waals surface area contributed by atoms with Crippen LogP contribution >= 0.6 is 12.4 Å². The number of rotatable bonds is 5. The summed E-state index contributed by atoms with van der Waals surface area (Å²) in [6.45, 7) is 3.55. The average Bonchev–Trinajstić information content (AvgIpc) is 2.26. The largest absolute Gasteiger partial charge is 0.383 e. The maximum atomic E-state index is 5.74. The first-order valence-electron chi connectivity index (χ1n) is 5.27. The third kappa shape index (κ3) is 4.66. The molecule has 0 bridgehead atoms. The van der Waals surface area contributed by atoms with Crippen molar-refractivity contribution in [2.45, 2.75) is 25.0 Å². The van der Waals surface area contributed by atoms with Gasteiger partial charge in [0.1, 0.15) is 0 Å². The number of nitrogens with two attached hydrogens (primary N) is 1. The van der Waals surface area contributed by atoms with Gasteiger partial charge in [-0.1, -0.05) is 0 Å². The van der Waals surface area contributed by atoms with Gasteiger partial charge in [0, 0.05) is 39.9 Å². The van der Waals surface area contributed by atoms with Crippen LogP contribution in [0.1, 0.15) is 12.8 Å². The van der Waals surface area contributed by atoms with E-state index in [9.17, 15) is 0 Å². The maximum Gasteiger partial charge on any atom is 0.0599 e. The van der Waals surface area contributed by atoms with E-state index in [1.807, 2.05) is 0 Å². The van der Waals surface area contributed by atoms with Gasteiger partial charge in [-0.3, -0.25) is 4.90 Å². The smallest absolute Gasteiger partial charge is 0.0599 e. The maximum absolute atomic E-state index is 5.74. The highest BCUT2D eigenvalue weighted by Gasteiger charge is 2.26. The molecule has 2 atom stereocenters. The molecule has 0 saturated carbocycles. The van der Waals surface area contributed by atoms with E-state index in [0.29, 0.717) is 18.7 Å². The lowest BCUT2D eigenvalue weighted by Crippen LogP contribution is -2.49. The van der Waals surface area contributed by atoms with E-state index >= 15 is 0 Å². The predicted octanol–water partition coefficient (Wildman–Crippen LogP) is 0.493. The molecule has 0 amide bonds. The summed E-state index contributed by atoms with van der Waals surface area (Å²) in [5, 5.41) is 0. The fraction of sp³-hybridized carbons (Fsp3) is 1.00. The molecule has 1 saturated heterocycles. The van der Waals surface area contributed by atoms with Crippen LogP contribution in [0.5, 0.6) is 0 Å². The van der Waals surface area contributed by atoms with Crippen molar-refractivity contribution in [1.29, 1.82) is 0 Å². The number of hydrogen-bond donors (Lipinski definition) is 1. The van der Waals surface area contributed by atoms with Crippen LogP contribution in [-0.4, -0.2) is 57.5 Å². The van der Waals surface area contributed by atoms with E-state index < -0.39 is 0 Å². The minimum absolute atomic E-state index is 0. The van der Waals surface area contributed by atoms with Crippen LogP contribution in [0.4, 0.5) is 0 Å². The van der Waals surface area contributed by atoms with Crippen molar-refractivity contribution >= 4 is 12.4 Å². The Kier molecular flexibility index (Phi) is 8.37. The van der Waals surface area contributed by atoms with Crippen LogP contribution in [0.25, 0.3) is 0 Å². The average molecular weight is 239 g/mol. The zero-order chi connectivity index (χ0) is 10.4. The number of nitrogens with zero attached hydrogens (tertiary/aromatic N) is 1. The normalized spacial score (nSPS) is 27.4. The Labute approximate surface area is 98.5 Å². The molecule has 92 valence electrons. The zero-order valence-electron chi connectivity index (χ0n) is 9.65. The van der Waals surface area contributed by atoms with Gasteiger partial charge < -0.3 is 15.2 Å². The molecule has 1 rings (SSSR count). The minimum Gasteiger partial charge on any atom is -0.383 e. The first-order valence-corrected chi connectivity index (χ1v) is 5.27. The Morgan fingerprint density at radius 1 is 1.40 bits per heavy atom. The lowest BCUT2D eigenvalue weighted by molar-refractivity contribution is 0.00508. The van der Waals surface area contributed by atoms with Crippen molar-refractivity contribution in [3.05, 3.63) is 0 Å². The molecule has 2 unspecified atom stereocenters. The van der Waals surface area contributed by atoms with E-state index in [0.717, 1.165) is 32.5 Å². The fourth-order valence-corrected chi connectivity index (χ4v) is 2.03. The van der Waals surface area contributed by atoms with Gasteiger partial charge in [0.2, 0.25) is 0 Å². The summed E-state index contributed by atoms with van der Waals surface area (Å²) >= 11 is 0. The summed E-state index contributed by atoms with van der Waals surface area (Å²) in [6, 6.07) is 0.462. The van der Waals surface area contributed by atoms with Crippen molar-refractivity contribution in [3.8, 4) is 0 Å². The summed E-state index contributed by atoms with van der Waals surface area (Å²) in [5.74, 6) is 0. The van der Waals surface area contributed by atoms with E-state index in [-0.39, 0.29) is 12.4 Å². The molecule has 0 aromatic carbocycles. The topological polar surface area (TPSA) is 47.7 Å². The second kappa shape index (κ2) is 8.30. The van der Waals surface area contributed by atoms with Crippen LogP contribution in [-0.2, 0) is 9.47 Å². The molecule has 1 fully saturated rings. The molecule has 2 N–H and O–H groups in total. The summed E-state index contributed by atoms with van der Waals surface area (Å²) in [5.41, 5.74) is 5.74. The third-order valence-corrected chi connectivity index (χ3v) is 2.98. The van der Waals surface area contributed by atoms with Crippen LogP contribution in [0.3, 0.4) is 0 Å². The molecular formula is C10H23ClN2O2. The van der Waals surface area contributed by atoms with Gasteiger partial charge in [-0.05, 0) is 12.8 Å². The lowest BCUT2D eigenvalue weighted by Gasteiger charge is -2.38. The fourth-order valence-electron chi connectivity index (χ4n) is 2.03. The minimum atomic E-state index is 0. The number of methoxy groups -OCH3 is 2. The molecular weight excluding hydrogens is 216 g/mol. The summed E-state index contributed by atoms with van der Waals surface area (Å²) in [4.78, 5) is 2.40. The molecule has 4 nitrogen and oxygen atoms in total. The van der Waals surface area contributed by atoms with E-state index in [1.54, 1.807) is 14.2 Å². The van der Waals surface area contributed by atoms with E-state index in [2.05, 4.69) is 4.90 Å². The number of piperidine rings is 1. The highest BCUT2D eigenvalue weighted by molar-refractivity contribution is 5.85. The monoisotopic (exact) mass is 238 g/mol. The predicted molar refractivity (Wildman–Crippen MR) is 63.6 cm³/mol. The molecule has 15 heavy (non-hydrogen) atoms. The summed E-state index contributed by atoms with van der Waals surface area (Å²) in [6.07, 6.45) is 2.55. The van der Waals surface area contributed by atoms with Gasteiger partial charge in [-0.25, -0.2) is 0 Å². The molecule has 0 aromatic rings. The molecule has 0 aliphatic carbocycles. The first-order chi connectivity index (χ1) is 6.81. The molecule has 1 aliphatic rings. The van der Waals surface area contributed by atoms with Gasteiger partial charge in [-0.2, -0.15) is 0 Å². The molecule has 1 aliphatic heterocycles. The standard InChI is InChI=1S/C10H22N2O2.ClH/c1-13-6-5-12-4-3-10(14-2)7-9(12)8-11;/h9-10H,3-8,11H2,1-2H3;1H. The van der Waals surface area contributed by atoms with Crippen molar-refractivity contribution in [2.75, 3.05) is 40.5 Å². The highest BCUT2D eigenvalue weighted by atomic mass is 35.5. The highest BCUT2D eigenvalue weighted by Crippen LogP contribution is 2.18. The molecule has 1 heterocycles. The van der Waals surface area contributed by atoms with Gasteiger partial charge in [0.15, 0.2) is 0 Å². The lowest BCUT2D eigenvalue weighted by atomic mass is 9.99. The van der Waals surface area contributed by atoms with Crippen LogP contribution in [0.2, 0.25) is 0 Å². The number of likely N-dealkylation sites (tertiary alicyclic amines) is 1. The van der Waals surface area contributed by atoms with Crippen molar-refractivity contribution < 1.29 is 9.47 Å². The third-order valence-electron chi connectivity index (χ3n) is 2.98. The Hall–Kier alpha value is 0.130. The first kappa shape index (κ1) is 15.1.